The van der Waals surface area contributed by atoms with Gasteiger partial charge in [0.2, 0.25) is 0 Å². The number of rotatable bonds is 2. The first-order valence-corrected chi connectivity index (χ1v) is 7.42. The molecule has 0 aliphatic heterocycles. The quantitative estimate of drug-likeness (QED) is 0.885. The van der Waals surface area contributed by atoms with Crippen molar-refractivity contribution in [2.24, 2.45) is 0 Å². The van der Waals surface area contributed by atoms with Gasteiger partial charge in [-0.15, -0.1) is 0 Å². The molecular formula is C15H17BrN2O. The highest BCUT2D eigenvalue weighted by Crippen LogP contribution is 2.47. The van der Waals surface area contributed by atoms with Crippen LogP contribution in [0.1, 0.15) is 38.4 Å². The van der Waals surface area contributed by atoms with Crippen LogP contribution in [0.15, 0.2) is 33.3 Å². The Bertz CT molecular complexity index is 600. The molecule has 0 spiro atoms. The summed E-state index contributed by atoms with van der Waals surface area (Å²) in [5, 5.41) is 4.01. The van der Waals surface area contributed by atoms with Crippen molar-refractivity contribution < 1.29 is 4.52 Å². The third-order valence-corrected chi connectivity index (χ3v) is 4.81. The number of aromatic nitrogens is 1. The first-order chi connectivity index (χ1) is 9.12. The Labute approximate surface area is 121 Å². The normalized spacial score (nSPS) is 17.8. The Morgan fingerprint density at radius 1 is 1.26 bits per heavy atom. The van der Waals surface area contributed by atoms with Gasteiger partial charge in [0.1, 0.15) is 0 Å². The predicted molar refractivity (Wildman–Crippen MR) is 79.9 cm³/mol. The second-order valence-electron chi connectivity index (χ2n) is 5.52. The van der Waals surface area contributed by atoms with E-state index in [1.807, 2.05) is 18.2 Å². The highest BCUT2D eigenvalue weighted by molar-refractivity contribution is 9.10. The van der Waals surface area contributed by atoms with Crippen molar-refractivity contribution in [1.82, 2.24) is 5.16 Å². The standard InChI is InChI=1S/C15H17BrN2O/c1-15(8-4-5-9-15)13-12(14(17)18-19-13)10-6-2-3-7-11(10)16/h2-3,6-7H,4-5,8-9H2,1H3,(H2,17,18). The maximum absolute atomic E-state index is 6.04. The number of benzene rings is 1. The van der Waals surface area contributed by atoms with E-state index in [-0.39, 0.29) is 5.41 Å². The third kappa shape index (κ3) is 2.08. The molecule has 3 rings (SSSR count). The van der Waals surface area contributed by atoms with Crippen molar-refractivity contribution in [3.8, 4) is 11.1 Å². The van der Waals surface area contributed by atoms with Gasteiger partial charge in [-0.25, -0.2) is 0 Å². The Morgan fingerprint density at radius 3 is 2.63 bits per heavy atom. The molecule has 1 aromatic carbocycles. The molecule has 1 aromatic heterocycles. The van der Waals surface area contributed by atoms with E-state index in [0.717, 1.165) is 34.2 Å². The fourth-order valence-corrected chi connectivity index (χ4v) is 3.50. The fourth-order valence-electron chi connectivity index (χ4n) is 3.02. The monoisotopic (exact) mass is 320 g/mol. The summed E-state index contributed by atoms with van der Waals surface area (Å²) < 4.78 is 6.62. The maximum atomic E-state index is 6.04. The summed E-state index contributed by atoms with van der Waals surface area (Å²) in [6.07, 6.45) is 4.76. The second-order valence-corrected chi connectivity index (χ2v) is 6.37. The van der Waals surface area contributed by atoms with Crippen LogP contribution < -0.4 is 5.73 Å². The van der Waals surface area contributed by atoms with E-state index >= 15 is 0 Å². The first-order valence-electron chi connectivity index (χ1n) is 6.62. The molecule has 2 aromatic rings. The molecular weight excluding hydrogens is 304 g/mol. The average molecular weight is 321 g/mol. The molecule has 1 fully saturated rings. The van der Waals surface area contributed by atoms with Crippen LogP contribution in [-0.4, -0.2) is 5.16 Å². The first kappa shape index (κ1) is 12.7. The van der Waals surface area contributed by atoms with Crippen molar-refractivity contribution in [3.05, 3.63) is 34.5 Å². The summed E-state index contributed by atoms with van der Waals surface area (Å²) in [6, 6.07) is 8.07. The van der Waals surface area contributed by atoms with E-state index in [1.54, 1.807) is 0 Å². The van der Waals surface area contributed by atoms with Gasteiger partial charge in [-0.3, -0.25) is 0 Å². The number of hydrogen-bond acceptors (Lipinski definition) is 3. The van der Waals surface area contributed by atoms with E-state index in [4.69, 9.17) is 10.3 Å². The molecule has 0 unspecified atom stereocenters. The van der Waals surface area contributed by atoms with Gasteiger partial charge in [0.25, 0.3) is 0 Å². The smallest absolute Gasteiger partial charge is 0.175 e. The summed E-state index contributed by atoms with van der Waals surface area (Å²) in [5.74, 6) is 1.42. The van der Waals surface area contributed by atoms with E-state index in [0.29, 0.717) is 5.82 Å². The number of anilines is 1. The molecule has 0 radical (unpaired) electrons. The zero-order valence-electron chi connectivity index (χ0n) is 10.9. The highest BCUT2D eigenvalue weighted by Gasteiger charge is 2.38. The van der Waals surface area contributed by atoms with E-state index in [1.165, 1.54) is 12.8 Å². The minimum Gasteiger partial charge on any atom is -0.380 e. The minimum absolute atomic E-state index is 0.0647. The van der Waals surface area contributed by atoms with Gasteiger partial charge < -0.3 is 10.3 Å². The molecule has 1 saturated carbocycles. The summed E-state index contributed by atoms with van der Waals surface area (Å²) in [5.41, 5.74) is 8.12. The molecule has 100 valence electrons. The maximum Gasteiger partial charge on any atom is 0.175 e. The summed E-state index contributed by atoms with van der Waals surface area (Å²) >= 11 is 3.59. The van der Waals surface area contributed by atoms with Gasteiger partial charge in [-0.2, -0.15) is 0 Å². The Balaban J connectivity index is 2.17. The van der Waals surface area contributed by atoms with Crippen molar-refractivity contribution in [3.63, 3.8) is 0 Å². The Hall–Kier alpha value is -1.29. The van der Waals surface area contributed by atoms with Crippen LogP contribution in [-0.2, 0) is 5.41 Å². The molecule has 2 N–H and O–H groups in total. The lowest BCUT2D eigenvalue weighted by Gasteiger charge is -2.21. The lowest BCUT2D eigenvalue weighted by molar-refractivity contribution is 0.307. The van der Waals surface area contributed by atoms with Crippen LogP contribution in [0.4, 0.5) is 5.82 Å². The lowest BCUT2D eigenvalue weighted by atomic mass is 9.82. The SMILES string of the molecule is CC1(c2onc(N)c2-c2ccccc2Br)CCCC1. The number of nitrogen functional groups attached to an aromatic ring is 1. The molecule has 3 nitrogen and oxygen atoms in total. The van der Waals surface area contributed by atoms with Crippen molar-refractivity contribution >= 4 is 21.7 Å². The van der Waals surface area contributed by atoms with Crippen molar-refractivity contribution in [2.45, 2.75) is 38.0 Å². The van der Waals surface area contributed by atoms with Gasteiger partial charge in [0.05, 0.1) is 5.56 Å². The van der Waals surface area contributed by atoms with Gasteiger partial charge >= 0.3 is 0 Å². The molecule has 19 heavy (non-hydrogen) atoms. The highest BCUT2D eigenvalue weighted by atomic mass is 79.9. The van der Waals surface area contributed by atoms with Crippen LogP contribution in [0.3, 0.4) is 0 Å². The van der Waals surface area contributed by atoms with Crippen LogP contribution in [0.2, 0.25) is 0 Å². The molecule has 1 aliphatic rings. The van der Waals surface area contributed by atoms with Crippen molar-refractivity contribution in [2.75, 3.05) is 5.73 Å². The predicted octanol–water partition coefficient (Wildman–Crippen LogP) is 4.52. The van der Waals surface area contributed by atoms with Crippen LogP contribution in [0.5, 0.6) is 0 Å². The molecule has 0 atom stereocenters. The van der Waals surface area contributed by atoms with E-state index in [2.05, 4.69) is 34.1 Å². The average Bonchev–Trinajstić information content (AvgIpc) is 2.98. The number of nitrogens with two attached hydrogens (primary N) is 1. The summed E-state index contributed by atoms with van der Waals surface area (Å²) in [7, 11) is 0. The number of nitrogens with zero attached hydrogens (tertiary/aromatic N) is 1. The van der Waals surface area contributed by atoms with Crippen LogP contribution >= 0.6 is 15.9 Å². The Kier molecular flexibility index (Phi) is 3.13. The Morgan fingerprint density at radius 2 is 1.95 bits per heavy atom. The van der Waals surface area contributed by atoms with E-state index in [9.17, 15) is 0 Å². The molecule has 0 bridgehead atoms. The van der Waals surface area contributed by atoms with Crippen molar-refractivity contribution in [1.29, 1.82) is 0 Å². The lowest BCUT2D eigenvalue weighted by Crippen LogP contribution is -2.17. The molecule has 1 heterocycles. The number of halogens is 1. The largest absolute Gasteiger partial charge is 0.380 e. The van der Waals surface area contributed by atoms with Gasteiger partial charge in [-0.1, -0.05) is 59.1 Å². The van der Waals surface area contributed by atoms with Crippen LogP contribution in [0.25, 0.3) is 11.1 Å². The van der Waals surface area contributed by atoms with Gasteiger partial charge in [0, 0.05) is 15.5 Å². The minimum atomic E-state index is 0.0647. The van der Waals surface area contributed by atoms with Gasteiger partial charge in [0.15, 0.2) is 11.6 Å². The zero-order chi connectivity index (χ0) is 13.5. The molecule has 0 amide bonds. The zero-order valence-corrected chi connectivity index (χ0v) is 12.5. The topological polar surface area (TPSA) is 52.0 Å². The molecule has 1 aliphatic carbocycles. The summed E-state index contributed by atoms with van der Waals surface area (Å²) in [4.78, 5) is 0. The molecule has 4 heteroatoms. The number of hydrogen-bond donors (Lipinski definition) is 1. The van der Waals surface area contributed by atoms with E-state index < -0.39 is 0 Å². The third-order valence-electron chi connectivity index (χ3n) is 4.12. The molecule has 0 saturated heterocycles. The second kappa shape index (κ2) is 4.67. The van der Waals surface area contributed by atoms with Gasteiger partial charge in [-0.05, 0) is 18.9 Å². The van der Waals surface area contributed by atoms with Crippen LogP contribution in [0, 0.1) is 0 Å². The fraction of sp³-hybridized carbons (Fsp3) is 0.400. The summed E-state index contributed by atoms with van der Waals surface area (Å²) in [6.45, 7) is 2.25.